The first kappa shape index (κ1) is 19.4. The number of carboxylic acid groups (broad SMARTS) is 1. The van der Waals surface area contributed by atoms with Crippen LogP contribution in [0.4, 0.5) is 22.0 Å². The molecule has 0 fully saturated rings. The minimum atomic E-state index is -4.52. The second kappa shape index (κ2) is 7.51. The molecule has 0 radical (unpaired) electrons. The van der Waals surface area contributed by atoms with E-state index in [4.69, 9.17) is 0 Å². The zero-order chi connectivity index (χ0) is 19.5. The highest BCUT2D eigenvalue weighted by atomic mass is 19.4. The Morgan fingerprint density at radius 3 is 2.12 bits per heavy atom. The number of carboxylic acids is 1. The molecule has 0 aliphatic rings. The largest absolute Gasteiger partial charge is 0.480 e. The van der Waals surface area contributed by atoms with E-state index in [1.54, 1.807) is 0 Å². The third kappa shape index (κ3) is 4.78. The molecule has 0 heterocycles. The second-order valence-corrected chi connectivity index (χ2v) is 5.39. The Labute approximate surface area is 144 Å². The van der Waals surface area contributed by atoms with Crippen LogP contribution < -0.4 is 5.32 Å². The third-order valence-electron chi connectivity index (χ3n) is 3.51. The summed E-state index contributed by atoms with van der Waals surface area (Å²) in [5.41, 5.74) is -0.933. The molecular weight excluding hydrogens is 361 g/mol. The van der Waals surface area contributed by atoms with Crippen LogP contribution in [0, 0.1) is 11.6 Å². The fourth-order valence-electron chi connectivity index (χ4n) is 2.14. The average molecular weight is 373 g/mol. The highest BCUT2D eigenvalue weighted by Gasteiger charge is 2.30. The van der Waals surface area contributed by atoms with Crippen LogP contribution in [0.1, 0.15) is 21.5 Å². The van der Waals surface area contributed by atoms with Crippen LogP contribution in [-0.4, -0.2) is 23.0 Å². The lowest BCUT2D eigenvalue weighted by Gasteiger charge is -2.15. The maximum atomic E-state index is 13.2. The molecule has 0 saturated carbocycles. The molecule has 4 nitrogen and oxygen atoms in total. The van der Waals surface area contributed by atoms with Gasteiger partial charge in [-0.25, -0.2) is 13.6 Å². The van der Waals surface area contributed by atoms with E-state index < -0.39 is 41.3 Å². The molecule has 138 valence electrons. The molecule has 0 aliphatic heterocycles. The van der Waals surface area contributed by atoms with Gasteiger partial charge in [0, 0.05) is 12.0 Å². The second-order valence-electron chi connectivity index (χ2n) is 5.39. The number of amides is 1. The van der Waals surface area contributed by atoms with E-state index in [1.807, 2.05) is 0 Å². The SMILES string of the molecule is O=C(N[C@@H](Cc1ccc(C(F)(F)F)cc1)C(=O)O)c1ccc(F)c(F)c1. The highest BCUT2D eigenvalue weighted by Crippen LogP contribution is 2.29. The molecule has 0 spiro atoms. The number of hydrogen-bond donors (Lipinski definition) is 2. The van der Waals surface area contributed by atoms with Crippen molar-refractivity contribution in [1.29, 1.82) is 0 Å². The van der Waals surface area contributed by atoms with Crippen molar-refractivity contribution in [2.45, 2.75) is 18.6 Å². The molecule has 2 N–H and O–H groups in total. The van der Waals surface area contributed by atoms with Crippen LogP contribution in [0.15, 0.2) is 42.5 Å². The standard InChI is InChI=1S/C17H12F5NO3/c18-12-6-3-10(8-13(12)19)15(24)23-14(16(25)26)7-9-1-4-11(5-2-9)17(20,21)22/h1-6,8,14H,7H2,(H,23,24)(H,25,26)/t14-/m0/s1. The lowest BCUT2D eigenvalue weighted by Crippen LogP contribution is -2.42. The van der Waals surface area contributed by atoms with Gasteiger partial charge in [-0.05, 0) is 35.9 Å². The number of rotatable bonds is 5. The Hall–Kier alpha value is -2.97. The molecule has 2 aromatic carbocycles. The third-order valence-corrected chi connectivity index (χ3v) is 3.51. The van der Waals surface area contributed by atoms with E-state index in [1.165, 1.54) is 0 Å². The lowest BCUT2D eigenvalue weighted by atomic mass is 10.0. The van der Waals surface area contributed by atoms with Crippen LogP contribution in [-0.2, 0) is 17.4 Å². The Morgan fingerprint density at radius 1 is 1.00 bits per heavy atom. The van der Waals surface area contributed by atoms with Crippen LogP contribution in [0.2, 0.25) is 0 Å². The number of halogens is 5. The van der Waals surface area contributed by atoms with E-state index in [-0.39, 0.29) is 17.5 Å². The summed E-state index contributed by atoms with van der Waals surface area (Å²) in [6, 6.07) is 4.64. The van der Waals surface area contributed by atoms with Crippen molar-refractivity contribution in [1.82, 2.24) is 5.32 Å². The Bertz CT molecular complexity index is 818. The fourth-order valence-corrected chi connectivity index (χ4v) is 2.14. The van der Waals surface area contributed by atoms with Crippen LogP contribution >= 0.6 is 0 Å². The van der Waals surface area contributed by atoms with Gasteiger partial charge in [0.2, 0.25) is 0 Å². The number of benzene rings is 2. The minimum absolute atomic E-state index is 0.246. The number of alkyl halides is 3. The molecule has 2 aromatic rings. The summed E-state index contributed by atoms with van der Waals surface area (Å²) in [6.07, 6.45) is -4.81. The van der Waals surface area contributed by atoms with Gasteiger partial charge in [0.15, 0.2) is 11.6 Å². The van der Waals surface area contributed by atoms with E-state index in [0.717, 1.165) is 36.4 Å². The van der Waals surface area contributed by atoms with Gasteiger partial charge in [-0.1, -0.05) is 12.1 Å². The van der Waals surface area contributed by atoms with Crippen LogP contribution in [0.25, 0.3) is 0 Å². The van der Waals surface area contributed by atoms with Crippen molar-refractivity contribution in [3.63, 3.8) is 0 Å². The summed E-state index contributed by atoms with van der Waals surface area (Å²) < 4.78 is 63.6. The summed E-state index contributed by atoms with van der Waals surface area (Å²) in [4.78, 5) is 23.3. The first-order chi connectivity index (χ1) is 12.1. The summed E-state index contributed by atoms with van der Waals surface area (Å²) in [6.45, 7) is 0. The molecule has 0 saturated heterocycles. The fraction of sp³-hybridized carbons (Fsp3) is 0.176. The Morgan fingerprint density at radius 2 is 1.62 bits per heavy atom. The molecule has 1 amide bonds. The molecule has 0 aromatic heterocycles. The van der Waals surface area contributed by atoms with E-state index in [0.29, 0.717) is 6.07 Å². The minimum Gasteiger partial charge on any atom is -0.480 e. The van der Waals surface area contributed by atoms with Crippen LogP contribution in [0.5, 0.6) is 0 Å². The highest BCUT2D eigenvalue weighted by molar-refractivity contribution is 5.96. The number of aliphatic carboxylic acids is 1. The van der Waals surface area contributed by atoms with E-state index in [2.05, 4.69) is 5.32 Å². The zero-order valence-electron chi connectivity index (χ0n) is 13.0. The maximum absolute atomic E-state index is 13.2. The first-order valence-electron chi connectivity index (χ1n) is 7.23. The molecule has 9 heteroatoms. The molecule has 26 heavy (non-hydrogen) atoms. The molecular formula is C17H12F5NO3. The summed E-state index contributed by atoms with van der Waals surface area (Å²) in [7, 11) is 0. The number of hydrogen-bond acceptors (Lipinski definition) is 2. The monoisotopic (exact) mass is 373 g/mol. The van der Waals surface area contributed by atoms with Gasteiger partial charge >= 0.3 is 12.1 Å². The zero-order valence-corrected chi connectivity index (χ0v) is 13.0. The van der Waals surface area contributed by atoms with Crippen molar-refractivity contribution in [3.05, 3.63) is 70.8 Å². The Kier molecular flexibility index (Phi) is 5.59. The van der Waals surface area contributed by atoms with Crippen molar-refractivity contribution in [2.24, 2.45) is 0 Å². The van der Waals surface area contributed by atoms with Crippen LogP contribution in [0.3, 0.4) is 0 Å². The van der Waals surface area contributed by atoms with Gasteiger partial charge in [-0.15, -0.1) is 0 Å². The van der Waals surface area contributed by atoms with Gasteiger partial charge in [0.05, 0.1) is 5.56 Å². The summed E-state index contributed by atoms with van der Waals surface area (Å²) in [5.74, 6) is -4.82. The molecule has 2 rings (SSSR count). The van der Waals surface area contributed by atoms with Crippen molar-refractivity contribution in [3.8, 4) is 0 Å². The summed E-state index contributed by atoms with van der Waals surface area (Å²) >= 11 is 0. The van der Waals surface area contributed by atoms with Gasteiger partial charge < -0.3 is 10.4 Å². The molecule has 1 atom stereocenters. The van der Waals surface area contributed by atoms with Crippen molar-refractivity contribution in [2.75, 3.05) is 0 Å². The summed E-state index contributed by atoms with van der Waals surface area (Å²) in [5, 5.41) is 11.3. The number of nitrogens with one attached hydrogen (secondary N) is 1. The maximum Gasteiger partial charge on any atom is 0.416 e. The normalized spacial score (nSPS) is 12.5. The molecule has 0 bridgehead atoms. The van der Waals surface area contributed by atoms with Gasteiger partial charge in [0.1, 0.15) is 6.04 Å². The number of carbonyl (C=O) groups is 2. The van der Waals surface area contributed by atoms with E-state index >= 15 is 0 Å². The predicted octanol–water partition coefficient (Wildman–Crippen LogP) is 3.41. The first-order valence-corrected chi connectivity index (χ1v) is 7.23. The number of carbonyl (C=O) groups excluding carboxylic acids is 1. The van der Waals surface area contributed by atoms with Gasteiger partial charge in [0.25, 0.3) is 5.91 Å². The topological polar surface area (TPSA) is 66.4 Å². The van der Waals surface area contributed by atoms with Gasteiger partial charge in [-0.3, -0.25) is 4.79 Å². The van der Waals surface area contributed by atoms with E-state index in [9.17, 15) is 36.6 Å². The Balaban J connectivity index is 2.12. The average Bonchev–Trinajstić information content (AvgIpc) is 2.56. The van der Waals surface area contributed by atoms with Gasteiger partial charge in [-0.2, -0.15) is 13.2 Å². The van der Waals surface area contributed by atoms with Crippen molar-refractivity contribution < 1.29 is 36.6 Å². The predicted molar refractivity (Wildman–Crippen MR) is 80.4 cm³/mol. The quantitative estimate of drug-likeness (QED) is 0.790. The van der Waals surface area contributed by atoms with Crippen molar-refractivity contribution >= 4 is 11.9 Å². The smallest absolute Gasteiger partial charge is 0.416 e. The molecule has 0 unspecified atom stereocenters. The lowest BCUT2D eigenvalue weighted by molar-refractivity contribution is -0.139. The molecule has 0 aliphatic carbocycles.